The van der Waals surface area contributed by atoms with E-state index in [1.165, 1.54) is 0 Å². The molecule has 18 heavy (non-hydrogen) atoms. The molecule has 0 aliphatic carbocycles. The van der Waals surface area contributed by atoms with Crippen molar-refractivity contribution in [2.75, 3.05) is 19.7 Å². The molecule has 0 saturated carbocycles. The number of rotatable bonds is 1. The molecule has 0 amide bonds. The zero-order valence-corrected chi connectivity index (χ0v) is 13.1. The van der Waals surface area contributed by atoms with Gasteiger partial charge in [-0.25, -0.2) is 0 Å². The molecule has 1 heterocycles. The van der Waals surface area contributed by atoms with E-state index in [-0.39, 0.29) is 22.9 Å². The topological polar surface area (TPSA) is 58.3 Å². The Kier molecular flexibility index (Phi) is 4.22. The lowest BCUT2D eigenvalue weighted by Gasteiger charge is -2.54. The molecule has 1 atom stereocenters. The first-order chi connectivity index (χ1) is 7.97. The lowest BCUT2D eigenvalue weighted by molar-refractivity contribution is -0.0365. The Morgan fingerprint density at radius 1 is 1.00 bits per heavy atom. The van der Waals surface area contributed by atoms with Gasteiger partial charge >= 0.3 is 0 Å². The van der Waals surface area contributed by atoms with Crippen LogP contribution in [0.4, 0.5) is 0 Å². The molecule has 0 radical (unpaired) electrons. The van der Waals surface area contributed by atoms with Crippen molar-refractivity contribution in [2.24, 2.45) is 22.0 Å². The number of nitrogens with one attached hydrogen (secondary N) is 1. The van der Waals surface area contributed by atoms with E-state index < -0.39 is 5.54 Å². The Labute approximate surface area is 113 Å². The van der Waals surface area contributed by atoms with Crippen LogP contribution >= 0.6 is 0 Å². The monoisotopic (exact) mass is 256 g/mol. The molecule has 4 N–H and O–H groups in total. The molecule has 1 fully saturated rings. The summed E-state index contributed by atoms with van der Waals surface area (Å²) in [5, 5.41) is 13.0. The number of hydrogen-bond donors (Lipinski definition) is 3. The van der Waals surface area contributed by atoms with Gasteiger partial charge in [-0.15, -0.1) is 0 Å². The molecule has 3 nitrogen and oxygen atoms in total. The highest BCUT2D eigenvalue weighted by molar-refractivity contribution is 5.04. The third-order valence-electron chi connectivity index (χ3n) is 5.14. The Morgan fingerprint density at radius 3 is 1.89 bits per heavy atom. The molecular weight excluding hydrogens is 224 g/mol. The zero-order chi connectivity index (χ0) is 14.2. The molecule has 0 bridgehead atoms. The number of aliphatic hydroxyl groups excluding tert-OH is 1. The first-order valence-electron chi connectivity index (χ1n) is 7.08. The number of hydrogen-bond acceptors (Lipinski definition) is 3. The van der Waals surface area contributed by atoms with E-state index in [1.807, 2.05) is 0 Å². The molecule has 0 spiro atoms. The van der Waals surface area contributed by atoms with Crippen molar-refractivity contribution in [1.82, 2.24) is 5.32 Å². The standard InChI is InChI=1S/C15H32N2O/c1-12(2,3)15(13(4,5)6)8-7-14(16,11-18)9-17-10-15/h17-18H,7-11,16H2,1-6H3. The van der Waals surface area contributed by atoms with Crippen molar-refractivity contribution in [3.05, 3.63) is 0 Å². The van der Waals surface area contributed by atoms with Gasteiger partial charge in [0, 0.05) is 13.1 Å². The van der Waals surface area contributed by atoms with Gasteiger partial charge in [-0.3, -0.25) is 0 Å². The average Bonchev–Trinajstić information content (AvgIpc) is 2.37. The third kappa shape index (κ3) is 2.73. The van der Waals surface area contributed by atoms with Crippen molar-refractivity contribution in [3.63, 3.8) is 0 Å². The van der Waals surface area contributed by atoms with Crippen molar-refractivity contribution in [1.29, 1.82) is 0 Å². The fraction of sp³-hybridized carbons (Fsp3) is 1.00. The Balaban J connectivity index is 3.09. The summed E-state index contributed by atoms with van der Waals surface area (Å²) in [5.74, 6) is 0. The first kappa shape index (κ1) is 15.9. The number of nitrogens with two attached hydrogens (primary N) is 1. The molecule has 3 heteroatoms. The molecule has 0 aromatic rings. The molecule has 1 saturated heterocycles. The molecule has 0 aromatic carbocycles. The van der Waals surface area contributed by atoms with Gasteiger partial charge < -0.3 is 16.2 Å². The van der Waals surface area contributed by atoms with E-state index >= 15 is 0 Å². The van der Waals surface area contributed by atoms with Gasteiger partial charge in [0.1, 0.15) is 0 Å². The van der Waals surface area contributed by atoms with Gasteiger partial charge in [-0.05, 0) is 29.1 Å². The average molecular weight is 256 g/mol. The molecule has 1 unspecified atom stereocenters. The summed E-state index contributed by atoms with van der Waals surface area (Å²) in [5.41, 5.74) is 6.40. The van der Waals surface area contributed by atoms with Crippen LogP contribution in [0.1, 0.15) is 54.4 Å². The second-order valence-electron chi connectivity index (χ2n) is 8.21. The maximum Gasteiger partial charge on any atom is 0.0623 e. The third-order valence-corrected chi connectivity index (χ3v) is 5.14. The predicted molar refractivity (Wildman–Crippen MR) is 77.5 cm³/mol. The first-order valence-corrected chi connectivity index (χ1v) is 7.08. The van der Waals surface area contributed by atoms with Crippen LogP contribution in [0.2, 0.25) is 0 Å². The molecule has 108 valence electrons. The summed E-state index contributed by atoms with van der Waals surface area (Å²) in [7, 11) is 0. The molecule has 1 rings (SSSR count). The number of aliphatic hydroxyl groups is 1. The van der Waals surface area contributed by atoms with Crippen LogP contribution in [0.3, 0.4) is 0 Å². The van der Waals surface area contributed by atoms with Crippen LogP contribution in [0.25, 0.3) is 0 Å². The summed E-state index contributed by atoms with van der Waals surface area (Å²) in [6, 6.07) is 0. The summed E-state index contributed by atoms with van der Waals surface area (Å²) < 4.78 is 0. The van der Waals surface area contributed by atoms with Gasteiger partial charge in [0.25, 0.3) is 0 Å². The van der Waals surface area contributed by atoms with Crippen LogP contribution in [-0.2, 0) is 0 Å². The van der Waals surface area contributed by atoms with Crippen LogP contribution in [0.15, 0.2) is 0 Å². The molecule has 0 aromatic heterocycles. The summed E-state index contributed by atoms with van der Waals surface area (Å²) in [6.45, 7) is 15.7. The highest BCUT2D eigenvalue weighted by atomic mass is 16.3. The lowest BCUT2D eigenvalue weighted by atomic mass is 9.52. The van der Waals surface area contributed by atoms with E-state index in [4.69, 9.17) is 5.73 Å². The van der Waals surface area contributed by atoms with E-state index in [0.29, 0.717) is 6.54 Å². The Hall–Kier alpha value is -0.120. The van der Waals surface area contributed by atoms with Gasteiger partial charge in [-0.2, -0.15) is 0 Å². The van der Waals surface area contributed by atoms with Crippen LogP contribution < -0.4 is 11.1 Å². The van der Waals surface area contributed by atoms with Crippen molar-refractivity contribution < 1.29 is 5.11 Å². The van der Waals surface area contributed by atoms with Gasteiger partial charge in [0.2, 0.25) is 0 Å². The fourth-order valence-corrected chi connectivity index (χ4v) is 3.70. The minimum absolute atomic E-state index is 0.0599. The Bertz CT molecular complexity index is 274. The summed E-state index contributed by atoms with van der Waals surface area (Å²) in [4.78, 5) is 0. The van der Waals surface area contributed by atoms with Crippen LogP contribution in [0, 0.1) is 16.2 Å². The van der Waals surface area contributed by atoms with E-state index in [1.54, 1.807) is 0 Å². The van der Waals surface area contributed by atoms with Crippen molar-refractivity contribution in [2.45, 2.75) is 59.9 Å². The largest absolute Gasteiger partial charge is 0.394 e. The van der Waals surface area contributed by atoms with Crippen LogP contribution in [0.5, 0.6) is 0 Å². The predicted octanol–water partition coefficient (Wildman–Crippen LogP) is 2.14. The smallest absolute Gasteiger partial charge is 0.0623 e. The van der Waals surface area contributed by atoms with E-state index in [9.17, 15) is 5.11 Å². The maximum absolute atomic E-state index is 9.49. The Morgan fingerprint density at radius 2 is 1.50 bits per heavy atom. The van der Waals surface area contributed by atoms with Gasteiger partial charge in [0.05, 0.1) is 12.1 Å². The van der Waals surface area contributed by atoms with Gasteiger partial charge in [0.15, 0.2) is 0 Å². The second-order valence-corrected chi connectivity index (χ2v) is 8.21. The van der Waals surface area contributed by atoms with Crippen molar-refractivity contribution >= 4 is 0 Å². The van der Waals surface area contributed by atoms with Gasteiger partial charge in [-0.1, -0.05) is 41.5 Å². The molecule has 1 aliphatic heterocycles. The summed E-state index contributed by atoms with van der Waals surface area (Å²) >= 11 is 0. The SMILES string of the molecule is CC(C)(C)C1(C(C)(C)C)CCC(N)(CO)CNC1. The quantitative estimate of drug-likeness (QED) is 0.673. The maximum atomic E-state index is 9.49. The minimum atomic E-state index is -0.460. The van der Waals surface area contributed by atoms with E-state index in [2.05, 4.69) is 46.9 Å². The summed E-state index contributed by atoms with van der Waals surface area (Å²) in [6.07, 6.45) is 1.94. The fourth-order valence-electron chi connectivity index (χ4n) is 3.70. The highest BCUT2D eigenvalue weighted by Gasteiger charge is 2.51. The van der Waals surface area contributed by atoms with Crippen molar-refractivity contribution in [3.8, 4) is 0 Å². The lowest BCUT2D eigenvalue weighted by Crippen LogP contribution is -2.52. The minimum Gasteiger partial charge on any atom is -0.394 e. The highest BCUT2D eigenvalue weighted by Crippen LogP contribution is 2.55. The molecular formula is C15H32N2O. The van der Waals surface area contributed by atoms with Crippen LogP contribution in [-0.4, -0.2) is 30.3 Å². The molecule has 1 aliphatic rings. The zero-order valence-electron chi connectivity index (χ0n) is 13.1. The normalized spacial score (nSPS) is 30.0. The second kappa shape index (κ2) is 4.77. The van der Waals surface area contributed by atoms with E-state index in [0.717, 1.165) is 19.4 Å².